The molecule has 0 unspecified atom stereocenters. The number of fused-ring (bicyclic) bond motifs is 1. The SMILES string of the molecule is O=C1CCCCCCCCCC[C@@H](C2=Nc3cccc(F)c3C2)NC(=O)[C@H](CC(=O)N2CCC[C@@H]2c2ccccc2)N1. The number of nitrogens with zero attached hydrogens (tertiary/aromatic N) is 2. The topological polar surface area (TPSA) is 90.9 Å². The number of hydrogen-bond acceptors (Lipinski definition) is 4. The van der Waals surface area contributed by atoms with E-state index in [1.165, 1.54) is 6.07 Å². The lowest BCUT2D eigenvalue weighted by Crippen LogP contribution is -2.53. The van der Waals surface area contributed by atoms with Gasteiger partial charge in [-0.1, -0.05) is 81.3 Å². The zero-order valence-corrected chi connectivity index (χ0v) is 24.5. The second-order valence-corrected chi connectivity index (χ2v) is 11.9. The summed E-state index contributed by atoms with van der Waals surface area (Å²) in [6.45, 7) is 0.629. The minimum absolute atomic E-state index is 0.0300. The fraction of sp³-hybridized carbons (Fsp3) is 0.529. The van der Waals surface area contributed by atoms with E-state index in [1.54, 1.807) is 12.1 Å². The highest BCUT2D eigenvalue weighted by molar-refractivity contribution is 6.01. The largest absolute Gasteiger partial charge is 0.346 e. The molecule has 3 aliphatic rings. The molecular formula is C34H43FN4O3. The van der Waals surface area contributed by atoms with Gasteiger partial charge < -0.3 is 15.5 Å². The molecule has 42 heavy (non-hydrogen) atoms. The van der Waals surface area contributed by atoms with Gasteiger partial charge in [-0.2, -0.15) is 0 Å². The molecule has 0 radical (unpaired) electrons. The molecule has 2 aromatic rings. The molecule has 2 fully saturated rings. The molecule has 3 atom stereocenters. The number of carbonyl (C=O) groups excluding carboxylic acids is 3. The van der Waals surface area contributed by atoms with Gasteiger partial charge in [0.2, 0.25) is 17.7 Å². The fourth-order valence-electron chi connectivity index (χ4n) is 6.55. The monoisotopic (exact) mass is 574 g/mol. The molecule has 0 bridgehead atoms. The highest BCUT2D eigenvalue weighted by atomic mass is 19.1. The average Bonchev–Trinajstić information content (AvgIpc) is 3.66. The van der Waals surface area contributed by atoms with Crippen molar-refractivity contribution < 1.29 is 18.8 Å². The summed E-state index contributed by atoms with van der Waals surface area (Å²) in [7, 11) is 0. The minimum Gasteiger partial charge on any atom is -0.346 e. The number of carbonyl (C=O) groups is 3. The van der Waals surface area contributed by atoms with Crippen molar-refractivity contribution in [1.29, 1.82) is 0 Å². The van der Waals surface area contributed by atoms with Crippen molar-refractivity contribution >= 4 is 29.1 Å². The second kappa shape index (κ2) is 14.6. The van der Waals surface area contributed by atoms with Crippen molar-refractivity contribution in [2.24, 2.45) is 4.99 Å². The maximum absolute atomic E-state index is 14.5. The van der Waals surface area contributed by atoms with Crippen LogP contribution >= 0.6 is 0 Å². The minimum atomic E-state index is -0.987. The van der Waals surface area contributed by atoms with Gasteiger partial charge in [0.1, 0.15) is 11.9 Å². The Morgan fingerprint density at radius 1 is 0.857 bits per heavy atom. The predicted octanol–water partition coefficient (Wildman–Crippen LogP) is 6.09. The summed E-state index contributed by atoms with van der Waals surface area (Å²) in [4.78, 5) is 47.0. The van der Waals surface area contributed by atoms with Gasteiger partial charge in [0.25, 0.3) is 0 Å². The summed E-state index contributed by atoms with van der Waals surface area (Å²) in [5.41, 5.74) is 2.97. The number of amides is 3. The van der Waals surface area contributed by atoms with E-state index in [0.29, 0.717) is 37.1 Å². The van der Waals surface area contributed by atoms with Gasteiger partial charge in [-0.3, -0.25) is 19.4 Å². The van der Waals surface area contributed by atoms with Crippen LogP contribution in [0.2, 0.25) is 0 Å². The molecule has 3 aliphatic heterocycles. The molecule has 3 amide bonds. The second-order valence-electron chi connectivity index (χ2n) is 11.9. The number of hydrogen-bond donors (Lipinski definition) is 2. The van der Waals surface area contributed by atoms with E-state index in [0.717, 1.165) is 75.5 Å². The van der Waals surface area contributed by atoms with Crippen LogP contribution in [0.15, 0.2) is 53.5 Å². The zero-order chi connectivity index (χ0) is 29.3. The van der Waals surface area contributed by atoms with Crippen LogP contribution in [0, 0.1) is 5.82 Å². The van der Waals surface area contributed by atoms with Crippen LogP contribution in [0.5, 0.6) is 0 Å². The van der Waals surface area contributed by atoms with Crippen molar-refractivity contribution in [3.63, 3.8) is 0 Å². The van der Waals surface area contributed by atoms with Crippen LogP contribution in [0.25, 0.3) is 0 Å². The van der Waals surface area contributed by atoms with Crippen molar-refractivity contribution in [3.8, 4) is 0 Å². The first-order valence-corrected chi connectivity index (χ1v) is 15.8. The highest BCUT2D eigenvalue weighted by Crippen LogP contribution is 2.33. The molecule has 0 spiro atoms. The van der Waals surface area contributed by atoms with E-state index in [9.17, 15) is 18.8 Å². The number of likely N-dealkylation sites (tertiary alicyclic amines) is 1. The lowest BCUT2D eigenvalue weighted by Gasteiger charge is -2.28. The zero-order valence-electron chi connectivity index (χ0n) is 24.5. The van der Waals surface area contributed by atoms with Crippen molar-refractivity contribution in [1.82, 2.24) is 15.5 Å². The highest BCUT2D eigenvalue weighted by Gasteiger charge is 2.35. The molecule has 8 heteroatoms. The van der Waals surface area contributed by atoms with Gasteiger partial charge in [-0.05, 0) is 43.4 Å². The molecule has 224 valence electrons. The van der Waals surface area contributed by atoms with E-state index in [1.807, 2.05) is 35.2 Å². The van der Waals surface area contributed by atoms with Crippen molar-refractivity contribution in [3.05, 3.63) is 65.5 Å². The fourth-order valence-corrected chi connectivity index (χ4v) is 6.55. The number of nitrogens with one attached hydrogen (secondary N) is 2. The van der Waals surface area contributed by atoms with Gasteiger partial charge in [0.05, 0.1) is 24.2 Å². The Kier molecular flexibility index (Phi) is 10.4. The summed E-state index contributed by atoms with van der Waals surface area (Å²) in [5.74, 6) is -1.02. The quantitative estimate of drug-likeness (QED) is 0.463. The maximum atomic E-state index is 14.5. The molecule has 0 aromatic heterocycles. The number of halogens is 1. The van der Waals surface area contributed by atoms with Crippen LogP contribution in [-0.2, 0) is 20.8 Å². The van der Waals surface area contributed by atoms with Gasteiger partial charge in [0.15, 0.2) is 0 Å². The van der Waals surface area contributed by atoms with E-state index in [-0.39, 0.29) is 36.0 Å². The van der Waals surface area contributed by atoms with Crippen LogP contribution in [0.1, 0.15) is 101 Å². The number of benzene rings is 2. The van der Waals surface area contributed by atoms with Crippen molar-refractivity contribution in [2.75, 3.05) is 6.54 Å². The maximum Gasteiger partial charge on any atom is 0.243 e. The van der Waals surface area contributed by atoms with Gasteiger partial charge in [-0.15, -0.1) is 0 Å². The number of rotatable bonds is 4. The lowest BCUT2D eigenvalue weighted by molar-refractivity contribution is -0.137. The molecule has 2 aromatic carbocycles. The van der Waals surface area contributed by atoms with Crippen LogP contribution in [0.3, 0.4) is 0 Å². The lowest BCUT2D eigenvalue weighted by atomic mass is 9.97. The summed E-state index contributed by atoms with van der Waals surface area (Å²) in [6, 6.07) is 13.4. The Bertz CT molecular complexity index is 1280. The third-order valence-corrected chi connectivity index (χ3v) is 8.87. The average molecular weight is 575 g/mol. The van der Waals surface area contributed by atoms with Crippen LogP contribution < -0.4 is 10.6 Å². The molecule has 2 saturated heterocycles. The summed E-state index contributed by atoms with van der Waals surface area (Å²) < 4.78 is 14.5. The van der Waals surface area contributed by atoms with E-state index in [4.69, 9.17) is 4.99 Å². The first-order valence-electron chi connectivity index (χ1n) is 15.8. The predicted molar refractivity (Wildman–Crippen MR) is 162 cm³/mol. The molecule has 3 heterocycles. The summed E-state index contributed by atoms with van der Waals surface area (Å²) >= 11 is 0. The Morgan fingerprint density at radius 3 is 2.36 bits per heavy atom. The molecule has 5 rings (SSSR count). The Hall–Kier alpha value is -3.55. The first-order chi connectivity index (χ1) is 20.5. The van der Waals surface area contributed by atoms with Gasteiger partial charge in [-0.25, -0.2) is 4.39 Å². The Morgan fingerprint density at radius 2 is 1.60 bits per heavy atom. The third-order valence-electron chi connectivity index (χ3n) is 8.87. The summed E-state index contributed by atoms with van der Waals surface area (Å²) in [6.07, 6.45) is 11.2. The third kappa shape index (κ3) is 7.64. The first kappa shape index (κ1) is 29.9. The molecule has 0 aliphatic carbocycles. The normalized spacial score (nSPS) is 24.5. The standard InChI is InChI=1S/C34H43FN4O3/c35-26-16-12-18-27-25(26)22-29(36-27)28-17-10-5-3-1-2-4-6-11-20-32(40)37-30(34(42)38-28)23-33(41)39-21-13-19-31(39)24-14-8-7-9-15-24/h7-9,12,14-16,18,28,30-31H,1-6,10-11,13,17,19-23H2,(H,37,40)(H,38,42)/t28-,30-,31+/m0/s1. The molecule has 0 saturated carbocycles. The van der Waals surface area contributed by atoms with Crippen LogP contribution in [-0.4, -0.2) is 47.0 Å². The van der Waals surface area contributed by atoms with E-state index >= 15 is 0 Å². The van der Waals surface area contributed by atoms with Crippen LogP contribution in [0.4, 0.5) is 10.1 Å². The molecule has 2 N–H and O–H groups in total. The Balaban J connectivity index is 1.34. The van der Waals surface area contributed by atoms with Gasteiger partial charge >= 0.3 is 0 Å². The van der Waals surface area contributed by atoms with E-state index < -0.39 is 12.1 Å². The molecule has 7 nitrogen and oxygen atoms in total. The summed E-state index contributed by atoms with van der Waals surface area (Å²) in [5, 5.41) is 6.02. The van der Waals surface area contributed by atoms with E-state index in [2.05, 4.69) is 10.6 Å². The Labute approximate surface area is 248 Å². The number of aliphatic imine (C=N–C) groups is 1. The smallest absolute Gasteiger partial charge is 0.243 e. The van der Waals surface area contributed by atoms with Crippen molar-refractivity contribution in [2.45, 2.75) is 108 Å². The molecular weight excluding hydrogens is 531 g/mol. The van der Waals surface area contributed by atoms with Gasteiger partial charge in [0, 0.05) is 30.7 Å².